The molecule has 0 aromatic heterocycles. The minimum atomic E-state index is -4.73. The third-order valence-corrected chi connectivity index (χ3v) is 1.68. The van der Waals surface area contributed by atoms with Crippen LogP contribution in [0.15, 0.2) is 18.2 Å². The maximum absolute atomic E-state index is 11.9. The first-order valence-corrected chi connectivity index (χ1v) is 3.89. The molecule has 14 heavy (non-hydrogen) atoms. The molecule has 0 radical (unpaired) electrons. The smallest absolute Gasteiger partial charge is 0.405 e. The van der Waals surface area contributed by atoms with Gasteiger partial charge in [0, 0.05) is 5.56 Å². The monoisotopic (exact) mass is 206 g/mol. The maximum atomic E-state index is 11.9. The quantitative estimate of drug-likeness (QED) is 0.804. The first-order chi connectivity index (χ1) is 6.44. The van der Waals surface area contributed by atoms with Gasteiger partial charge in [0.1, 0.15) is 5.75 Å². The fraction of sp³-hybridized carbons (Fsp3) is 0.333. The SMILES string of the molecule is Cc1cccc(CO)c1OC(F)(F)F. The van der Waals surface area contributed by atoms with Crippen LogP contribution in [0, 0.1) is 6.92 Å². The van der Waals surface area contributed by atoms with E-state index in [0.717, 1.165) is 0 Å². The molecule has 0 saturated heterocycles. The summed E-state index contributed by atoms with van der Waals surface area (Å²) >= 11 is 0. The number of para-hydroxylation sites is 1. The van der Waals surface area contributed by atoms with E-state index in [2.05, 4.69) is 4.74 Å². The zero-order valence-electron chi connectivity index (χ0n) is 7.43. The van der Waals surface area contributed by atoms with Gasteiger partial charge in [0.2, 0.25) is 0 Å². The molecule has 0 amide bonds. The molecule has 0 spiro atoms. The van der Waals surface area contributed by atoms with Gasteiger partial charge in [-0.3, -0.25) is 0 Å². The predicted octanol–water partition coefficient (Wildman–Crippen LogP) is 2.39. The van der Waals surface area contributed by atoms with Gasteiger partial charge in [0.05, 0.1) is 6.61 Å². The summed E-state index contributed by atoms with van der Waals surface area (Å²) in [5, 5.41) is 8.79. The van der Waals surface area contributed by atoms with Crippen LogP contribution in [-0.4, -0.2) is 11.5 Å². The van der Waals surface area contributed by atoms with Gasteiger partial charge in [-0.2, -0.15) is 0 Å². The Labute approximate surface area is 78.9 Å². The van der Waals surface area contributed by atoms with Crippen molar-refractivity contribution in [3.63, 3.8) is 0 Å². The highest BCUT2D eigenvalue weighted by Crippen LogP contribution is 2.29. The van der Waals surface area contributed by atoms with Gasteiger partial charge >= 0.3 is 6.36 Å². The van der Waals surface area contributed by atoms with Crippen LogP contribution in [0.4, 0.5) is 13.2 Å². The maximum Gasteiger partial charge on any atom is 0.573 e. The molecule has 1 N–H and O–H groups in total. The van der Waals surface area contributed by atoms with Crippen LogP contribution in [-0.2, 0) is 6.61 Å². The van der Waals surface area contributed by atoms with Crippen molar-refractivity contribution < 1.29 is 23.0 Å². The minimum Gasteiger partial charge on any atom is -0.405 e. The standard InChI is InChI=1S/C9H9F3O2/c1-6-3-2-4-7(5-13)8(6)14-9(10,11)12/h2-4,13H,5H2,1H3. The highest BCUT2D eigenvalue weighted by Gasteiger charge is 2.32. The van der Waals surface area contributed by atoms with E-state index in [4.69, 9.17) is 5.11 Å². The van der Waals surface area contributed by atoms with Gasteiger partial charge < -0.3 is 9.84 Å². The molecule has 0 aliphatic heterocycles. The van der Waals surface area contributed by atoms with E-state index in [1.807, 2.05) is 0 Å². The Morgan fingerprint density at radius 3 is 2.50 bits per heavy atom. The van der Waals surface area contributed by atoms with E-state index < -0.39 is 13.0 Å². The van der Waals surface area contributed by atoms with Gasteiger partial charge in [-0.05, 0) is 12.5 Å². The molecule has 0 bridgehead atoms. The second kappa shape index (κ2) is 3.88. The van der Waals surface area contributed by atoms with Crippen molar-refractivity contribution in [1.29, 1.82) is 0 Å². The summed E-state index contributed by atoms with van der Waals surface area (Å²) in [6.07, 6.45) is -4.73. The number of halogens is 3. The average molecular weight is 206 g/mol. The molecule has 1 rings (SSSR count). The molecule has 78 valence electrons. The topological polar surface area (TPSA) is 29.5 Å². The van der Waals surface area contributed by atoms with Gasteiger partial charge in [-0.1, -0.05) is 18.2 Å². The number of ether oxygens (including phenoxy) is 1. The molecule has 0 aliphatic rings. The number of benzene rings is 1. The summed E-state index contributed by atoms with van der Waals surface area (Å²) in [6, 6.07) is 4.43. The van der Waals surface area contributed by atoms with Crippen molar-refractivity contribution in [3.8, 4) is 5.75 Å². The Hall–Kier alpha value is -1.23. The number of hydrogen-bond acceptors (Lipinski definition) is 2. The van der Waals surface area contributed by atoms with Crippen molar-refractivity contribution >= 4 is 0 Å². The van der Waals surface area contributed by atoms with Crippen molar-refractivity contribution in [2.45, 2.75) is 19.9 Å². The van der Waals surface area contributed by atoms with Gasteiger partial charge in [0.15, 0.2) is 0 Å². The summed E-state index contributed by atoms with van der Waals surface area (Å²) in [7, 11) is 0. The Kier molecular flexibility index (Phi) is 3.00. The first kappa shape index (κ1) is 10.8. The second-order valence-corrected chi connectivity index (χ2v) is 2.77. The lowest BCUT2D eigenvalue weighted by molar-refractivity contribution is -0.275. The Balaban J connectivity index is 3.05. The van der Waals surface area contributed by atoms with E-state index in [1.54, 1.807) is 6.07 Å². The van der Waals surface area contributed by atoms with Crippen molar-refractivity contribution in [2.24, 2.45) is 0 Å². The van der Waals surface area contributed by atoms with Crippen LogP contribution < -0.4 is 4.74 Å². The number of aryl methyl sites for hydroxylation is 1. The summed E-state index contributed by atoms with van der Waals surface area (Å²) in [5.74, 6) is -0.317. The number of alkyl halides is 3. The Morgan fingerprint density at radius 1 is 1.36 bits per heavy atom. The summed E-state index contributed by atoms with van der Waals surface area (Å²) in [5.41, 5.74) is 0.469. The lowest BCUT2D eigenvalue weighted by Crippen LogP contribution is -2.18. The number of aliphatic hydroxyl groups excluding tert-OH is 1. The molecule has 0 unspecified atom stereocenters. The molecule has 1 aromatic carbocycles. The van der Waals surface area contributed by atoms with E-state index in [0.29, 0.717) is 5.56 Å². The normalized spacial score (nSPS) is 11.5. The fourth-order valence-electron chi connectivity index (χ4n) is 1.10. The Morgan fingerprint density at radius 2 is 2.00 bits per heavy atom. The molecule has 0 saturated carbocycles. The van der Waals surface area contributed by atoms with Crippen molar-refractivity contribution in [3.05, 3.63) is 29.3 Å². The molecule has 0 aliphatic carbocycles. The zero-order valence-corrected chi connectivity index (χ0v) is 7.43. The molecular formula is C9H9F3O2. The molecule has 0 fully saturated rings. The zero-order chi connectivity index (χ0) is 10.8. The van der Waals surface area contributed by atoms with Crippen LogP contribution in [0.1, 0.15) is 11.1 Å². The van der Waals surface area contributed by atoms with Crippen LogP contribution in [0.25, 0.3) is 0 Å². The number of rotatable bonds is 2. The Bertz CT molecular complexity index is 320. The summed E-state index contributed by atoms with van der Waals surface area (Å²) < 4.78 is 39.6. The van der Waals surface area contributed by atoms with Crippen molar-refractivity contribution in [2.75, 3.05) is 0 Å². The van der Waals surface area contributed by atoms with E-state index >= 15 is 0 Å². The number of hydrogen-bond donors (Lipinski definition) is 1. The lowest BCUT2D eigenvalue weighted by atomic mass is 10.1. The van der Waals surface area contributed by atoms with Crippen molar-refractivity contribution in [1.82, 2.24) is 0 Å². The minimum absolute atomic E-state index is 0.127. The number of aliphatic hydroxyl groups is 1. The van der Waals surface area contributed by atoms with Crippen LogP contribution >= 0.6 is 0 Å². The third kappa shape index (κ3) is 2.63. The predicted molar refractivity (Wildman–Crippen MR) is 43.8 cm³/mol. The van der Waals surface area contributed by atoms with E-state index in [9.17, 15) is 13.2 Å². The van der Waals surface area contributed by atoms with Gasteiger partial charge in [-0.25, -0.2) is 0 Å². The average Bonchev–Trinajstić information content (AvgIpc) is 2.06. The van der Waals surface area contributed by atoms with Crippen LogP contribution in [0.3, 0.4) is 0 Å². The fourth-order valence-corrected chi connectivity index (χ4v) is 1.10. The molecule has 5 heteroatoms. The lowest BCUT2D eigenvalue weighted by Gasteiger charge is -2.14. The third-order valence-electron chi connectivity index (χ3n) is 1.68. The first-order valence-electron chi connectivity index (χ1n) is 3.89. The highest BCUT2D eigenvalue weighted by molar-refractivity contribution is 5.40. The summed E-state index contributed by atoms with van der Waals surface area (Å²) in [6.45, 7) is 1.01. The van der Waals surface area contributed by atoms with Gasteiger partial charge in [-0.15, -0.1) is 13.2 Å². The summed E-state index contributed by atoms with van der Waals surface area (Å²) in [4.78, 5) is 0. The van der Waals surface area contributed by atoms with Crippen LogP contribution in [0.5, 0.6) is 5.75 Å². The van der Waals surface area contributed by atoms with Crippen LogP contribution in [0.2, 0.25) is 0 Å². The molecular weight excluding hydrogens is 197 g/mol. The molecule has 2 nitrogen and oxygen atoms in total. The van der Waals surface area contributed by atoms with E-state index in [-0.39, 0.29) is 11.3 Å². The highest BCUT2D eigenvalue weighted by atomic mass is 19.4. The van der Waals surface area contributed by atoms with E-state index in [1.165, 1.54) is 19.1 Å². The molecule has 1 aromatic rings. The molecule has 0 heterocycles. The second-order valence-electron chi connectivity index (χ2n) is 2.77. The van der Waals surface area contributed by atoms with Gasteiger partial charge in [0.25, 0.3) is 0 Å². The largest absolute Gasteiger partial charge is 0.573 e. The molecule has 0 atom stereocenters.